The second-order valence-electron chi connectivity index (χ2n) is 4.11. The van der Waals surface area contributed by atoms with E-state index in [0.717, 1.165) is 6.08 Å². The fourth-order valence-corrected chi connectivity index (χ4v) is 1.80. The average molecular weight is 304 g/mol. The van der Waals surface area contributed by atoms with Crippen LogP contribution in [0.4, 0.5) is 19.3 Å². The highest BCUT2D eigenvalue weighted by molar-refractivity contribution is 6.33. The Morgan fingerprint density at radius 1 is 1.35 bits per heavy atom. The summed E-state index contributed by atoms with van der Waals surface area (Å²) in [7, 11) is 1.56. The van der Waals surface area contributed by atoms with Gasteiger partial charge >= 0.3 is 6.09 Å². The van der Waals surface area contributed by atoms with E-state index in [0.29, 0.717) is 23.6 Å². The number of para-hydroxylation sites is 1. The first-order chi connectivity index (χ1) is 9.52. The monoisotopic (exact) mass is 303 g/mol. The lowest BCUT2D eigenvalue weighted by Gasteiger charge is -2.18. The summed E-state index contributed by atoms with van der Waals surface area (Å²) in [5.41, 5.74) is 0.557. The van der Waals surface area contributed by atoms with Crippen LogP contribution in [0.15, 0.2) is 36.4 Å². The maximum absolute atomic E-state index is 11.8. The van der Waals surface area contributed by atoms with Crippen molar-refractivity contribution in [3.63, 3.8) is 0 Å². The number of benzene rings is 1. The highest BCUT2D eigenvalue weighted by Crippen LogP contribution is 2.24. The van der Waals surface area contributed by atoms with Crippen molar-refractivity contribution in [1.82, 2.24) is 0 Å². The Morgan fingerprint density at radius 2 is 2.05 bits per heavy atom. The zero-order valence-electron chi connectivity index (χ0n) is 11.1. The second kappa shape index (κ2) is 8.53. The minimum absolute atomic E-state index is 0.190. The lowest BCUT2D eigenvalue weighted by atomic mass is 10.2. The maximum atomic E-state index is 11.8. The smallest absolute Gasteiger partial charge is 0.414 e. The molecule has 1 aromatic rings. The van der Waals surface area contributed by atoms with Gasteiger partial charge in [0.25, 0.3) is 6.08 Å². The number of rotatable bonds is 6. The molecule has 0 aliphatic heterocycles. The number of hydrogen-bond donors (Lipinski definition) is 0. The number of carbonyl (C=O) groups excluding carboxylic acids is 1. The summed E-state index contributed by atoms with van der Waals surface area (Å²) < 4.78 is 28.6. The summed E-state index contributed by atoms with van der Waals surface area (Å²) >= 11 is 5.97. The van der Waals surface area contributed by atoms with Crippen LogP contribution in [0, 0.1) is 0 Å². The molecule has 1 rings (SSSR count). The van der Waals surface area contributed by atoms with E-state index >= 15 is 0 Å². The fourth-order valence-electron chi connectivity index (χ4n) is 1.54. The normalized spacial score (nSPS) is 10.0. The van der Waals surface area contributed by atoms with Crippen molar-refractivity contribution in [3.05, 3.63) is 41.4 Å². The molecule has 1 aromatic carbocycles. The van der Waals surface area contributed by atoms with Crippen LogP contribution < -0.4 is 4.90 Å². The summed E-state index contributed by atoms with van der Waals surface area (Å²) in [6.45, 7) is 0.190. The second-order valence-corrected chi connectivity index (χ2v) is 4.52. The van der Waals surface area contributed by atoms with Gasteiger partial charge in [0.2, 0.25) is 0 Å². The van der Waals surface area contributed by atoms with Crippen molar-refractivity contribution in [2.75, 3.05) is 18.6 Å². The number of nitrogens with zero attached hydrogens (tertiary/aromatic N) is 1. The standard InChI is InChI=1S/C14H16ClF2NO2/c1-18(12-8-5-4-7-11(12)15)14(19)20-10-6-2-3-9-13(16)17/h4-5,7-9H,2-3,6,10H2,1H3. The first-order valence-corrected chi connectivity index (χ1v) is 6.56. The quantitative estimate of drug-likeness (QED) is 0.702. The predicted molar refractivity (Wildman–Crippen MR) is 75.4 cm³/mol. The Bertz CT molecular complexity index is 476. The Kier molecular flexibility index (Phi) is 7.01. The van der Waals surface area contributed by atoms with E-state index in [-0.39, 0.29) is 13.0 Å². The molecule has 0 saturated heterocycles. The van der Waals surface area contributed by atoms with Crippen LogP contribution in [-0.2, 0) is 4.74 Å². The van der Waals surface area contributed by atoms with Crippen LogP contribution in [-0.4, -0.2) is 19.7 Å². The van der Waals surface area contributed by atoms with E-state index in [4.69, 9.17) is 16.3 Å². The number of hydrogen-bond acceptors (Lipinski definition) is 2. The number of amides is 1. The number of carbonyl (C=O) groups is 1. The molecule has 0 N–H and O–H groups in total. The van der Waals surface area contributed by atoms with Gasteiger partial charge in [-0.25, -0.2) is 4.79 Å². The molecule has 0 spiro atoms. The molecular formula is C14H16ClF2NO2. The molecule has 3 nitrogen and oxygen atoms in total. The molecule has 6 heteroatoms. The molecule has 0 aliphatic carbocycles. The molecule has 20 heavy (non-hydrogen) atoms. The van der Waals surface area contributed by atoms with E-state index in [1.807, 2.05) is 0 Å². The number of unbranched alkanes of at least 4 members (excludes halogenated alkanes) is 2. The topological polar surface area (TPSA) is 29.5 Å². The van der Waals surface area contributed by atoms with Gasteiger partial charge in [0.1, 0.15) is 0 Å². The van der Waals surface area contributed by atoms with Crippen molar-refractivity contribution in [2.45, 2.75) is 19.3 Å². The predicted octanol–water partition coefficient (Wildman–Crippen LogP) is 4.86. The van der Waals surface area contributed by atoms with E-state index < -0.39 is 12.2 Å². The van der Waals surface area contributed by atoms with E-state index in [1.165, 1.54) is 4.90 Å². The summed E-state index contributed by atoms with van der Waals surface area (Å²) in [6, 6.07) is 6.92. The largest absolute Gasteiger partial charge is 0.449 e. The fraction of sp³-hybridized carbons (Fsp3) is 0.357. The first-order valence-electron chi connectivity index (χ1n) is 6.18. The third-order valence-corrected chi connectivity index (χ3v) is 2.93. The summed E-state index contributed by atoms with van der Waals surface area (Å²) in [4.78, 5) is 13.1. The number of allylic oxidation sites excluding steroid dienone is 1. The molecule has 0 bridgehead atoms. The number of anilines is 1. The van der Waals surface area contributed by atoms with Gasteiger partial charge in [0.05, 0.1) is 17.3 Å². The highest BCUT2D eigenvalue weighted by atomic mass is 35.5. The minimum Gasteiger partial charge on any atom is -0.449 e. The van der Waals surface area contributed by atoms with Crippen molar-refractivity contribution < 1.29 is 18.3 Å². The molecule has 0 unspecified atom stereocenters. The van der Waals surface area contributed by atoms with Crippen molar-refractivity contribution in [1.29, 1.82) is 0 Å². The third-order valence-electron chi connectivity index (χ3n) is 2.61. The Balaban J connectivity index is 2.33. The van der Waals surface area contributed by atoms with Crippen LogP contribution in [0.25, 0.3) is 0 Å². The molecule has 0 fully saturated rings. The zero-order valence-corrected chi connectivity index (χ0v) is 11.9. The molecule has 0 saturated carbocycles. The van der Waals surface area contributed by atoms with Gasteiger partial charge in [-0.15, -0.1) is 0 Å². The average Bonchev–Trinajstić information content (AvgIpc) is 2.42. The minimum atomic E-state index is -1.68. The Labute approximate surface area is 121 Å². The van der Waals surface area contributed by atoms with Gasteiger partial charge in [-0.05, 0) is 37.5 Å². The summed E-state index contributed by atoms with van der Waals surface area (Å²) in [5, 5.41) is 0.454. The van der Waals surface area contributed by atoms with Gasteiger partial charge in [0, 0.05) is 7.05 Å². The summed E-state index contributed by atoms with van der Waals surface area (Å²) in [6.07, 6.45) is 0.00954. The zero-order chi connectivity index (χ0) is 15.0. The SMILES string of the molecule is CN(C(=O)OCCCCC=C(F)F)c1ccccc1Cl. The molecule has 0 heterocycles. The molecule has 0 aromatic heterocycles. The molecule has 0 aliphatic rings. The number of halogens is 3. The van der Waals surface area contributed by atoms with Crippen LogP contribution in [0.1, 0.15) is 19.3 Å². The lowest BCUT2D eigenvalue weighted by Crippen LogP contribution is -2.27. The molecule has 110 valence electrons. The molecule has 0 radical (unpaired) electrons. The van der Waals surface area contributed by atoms with E-state index in [2.05, 4.69) is 0 Å². The first kappa shape index (κ1) is 16.4. The van der Waals surface area contributed by atoms with Crippen molar-refractivity contribution in [3.8, 4) is 0 Å². The van der Waals surface area contributed by atoms with E-state index in [9.17, 15) is 13.6 Å². The van der Waals surface area contributed by atoms with Gasteiger partial charge < -0.3 is 4.74 Å². The number of ether oxygens (including phenoxy) is 1. The third kappa shape index (κ3) is 5.57. The lowest BCUT2D eigenvalue weighted by molar-refractivity contribution is 0.153. The molecule has 1 amide bonds. The van der Waals surface area contributed by atoms with Gasteiger partial charge in [-0.3, -0.25) is 4.90 Å². The van der Waals surface area contributed by atoms with Gasteiger partial charge in [-0.2, -0.15) is 8.78 Å². The highest BCUT2D eigenvalue weighted by Gasteiger charge is 2.14. The van der Waals surface area contributed by atoms with Crippen LogP contribution in [0.5, 0.6) is 0 Å². The van der Waals surface area contributed by atoms with Crippen LogP contribution >= 0.6 is 11.6 Å². The Morgan fingerprint density at radius 3 is 2.70 bits per heavy atom. The maximum Gasteiger partial charge on any atom is 0.414 e. The van der Waals surface area contributed by atoms with E-state index in [1.54, 1.807) is 31.3 Å². The van der Waals surface area contributed by atoms with Gasteiger partial charge in [-0.1, -0.05) is 23.7 Å². The van der Waals surface area contributed by atoms with Crippen molar-refractivity contribution >= 4 is 23.4 Å². The Hall–Kier alpha value is -1.62. The van der Waals surface area contributed by atoms with Crippen molar-refractivity contribution in [2.24, 2.45) is 0 Å². The molecule has 0 atom stereocenters. The molecular weight excluding hydrogens is 288 g/mol. The summed E-state index contributed by atoms with van der Waals surface area (Å²) in [5.74, 6) is 0. The van der Waals surface area contributed by atoms with Crippen LogP contribution in [0.2, 0.25) is 5.02 Å². The van der Waals surface area contributed by atoms with Crippen LogP contribution in [0.3, 0.4) is 0 Å². The van der Waals surface area contributed by atoms with Gasteiger partial charge in [0.15, 0.2) is 0 Å².